The summed E-state index contributed by atoms with van der Waals surface area (Å²) in [7, 11) is 0. The van der Waals surface area contributed by atoms with E-state index < -0.39 is 0 Å². The van der Waals surface area contributed by atoms with E-state index in [0.29, 0.717) is 62.0 Å². The maximum atomic E-state index is 12.2. The summed E-state index contributed by atoms with van der Waals surface area (Å²) in [6.07, 6.45) is 0.710. The summed E-state index contributed by atoms with van der Waals surface area (Å²) in [5.41, 5.74) is 0.883. The summed E-state index contributed by atoms with van der Waals surface area (Å²) in [5, 5.41) is 0.437. The Balaban J connectivity index is 1.84. The number of nitrogens with zero attached hydrogens (tertiary/aromatic N) is 3. The van der Waals surface area contributed by atoms with Crippen LogP contribution < -0.4 is 10.5 Å². The zero-order valence-corrected chi connectivity index (χ0v) is 13.6. The Morgan fingerprint density at radius 2 is 2.12 bits per heavy atom. The average molecular weight is 332 g/mol. The molecular weight excluding hydrogens is 312 g/mol. The molecule has 1 saturated heterocycles. The molecule has 1 aliphatic rings. The topological polar surface area (TPSA) is 97.4 Å². The van der Waals surface area contributed by atoms with E-state index in [9.17, 15) is 9.59 Å². The highest BCUT2D eigenvalue weighted by Gasteiger charge is 2.15. The Bertz CT molecular complexity index is 783. The molecule has 0 saturated carbocycles. The molecule has 8 heteroatoms. The number of fused-ring (bicyclic) bond motifs is 1. The predicted molar refractivity (Wildman–Crippen MR) is 88.1 cm³/mol. The second-order valence-corrected chi connectivity index (χ2v) is 5.47. The molecule has 128 valence electrons. The first kappa shape index (κ1) is 16.4. The van der Waals surface area contributed by atoms with Crippen molar-refractivity contribution in [3.05, 3.63) is 28.2 Å². The van der Waals surface area contributed by atoms with Gasteiger partial charge < -0.3 is 14.4 Å². The lowest BCUT2D eigenvalue weighted by Crippen LogP contribution is -2.38. The fourth-order valence-electron chi connectivity index (χ4n) is 2.57. The van der Waals surface area contributed by atoms with Crippen LogP contribution in [0.5, 0.6) is 0 Å². The van der Waals surface area contributed by atoms with Crippen molar-refractivity contribution in [1.29, 1.82) is 0 Å². The SMILES string of the molecule is CCOC(=O)CCc1ccc2c(=O)[nH]c(N3CCOCC3)nc2n1. The molecule has 0 unspecified atom stereocenters. The van der Waals surface area contributed by atoms with Gasteiger partial charge in [-0.05, 0) is 19.1 Å². The number of carbonyl (C=O) groups excluding carboxylic acids is 1. The molecule has 3 rings (SSSR count). The van der Waals surface area contributed by atoms with Crippen LogP contribution in [0, 0.1) is 0 Å². The van der Waals surface area contributed by atoms with Crippen molar-refractivity contribution in [2.24, 2.45) is 0 Å². The number of hydrogen-bond donors (Lipinski definition) is 1. The number of aryl methyl sites for hydroxylation is 1. The standard InChI is InChI=1S/C16H20N4O4/c1-2-24-13(21)6-4-11-3-5-12-14(17-11)18-16(19-15(12)22)20-7-9-23-10-8-20/h3,5H,2,4,6-10H2,1H3,(H,17,18,19,22). The second kappa shape index (κ2) is 7.39. The van der Waals surface area contributed by atoms with Crippen molar-refractivity contribution >= 4 is 23.0 Å². The first-order chi connectivity index (χ1) is 11.7. The number of rotatable bonds is 5. The van der Waals surface area contributed by atoms with Crippen LogP contribution in [0.4, 0.5) is 5.95 Å². The van der Waals surface area contributed by atoms with Gasteiger partial charge in [0.25, 0.3) is 5.56 Å². The normalized spacial score (nSPS) is 14.8. The Hall–Kier alpha value is -2.48. The number of H-pyrrole nitrogens is 1. The van der Waals surface area contributed by atoms with Crippen LogP contribution in [0.25, 0.3) is 11.0 Å². The molecule has 1 fully saturated rings. The Morgan fingerprint density at radius 1 is 1.33 bits per heavy atom. The van der Waals surface area contributed by atoms with Crippen LogP contribution in [0.1, 0.15) is 19.0 Å². The fraction of sp³-hybridized carbons (Fsp3) is 0.500. The van der Waals surface area contributed by atoms with Gasteiger partial charge in [-0.15, -0.1) is 0 Å². The third kappa shape index (κ3) is 3.70. The van der Waals surface area contributed by atoms with Crippen LogP contribution in [-0.2, 0) is 20.7 Å². The van der Waals surface area contributed by atoms with Crippen LogP contribution in [0.15, 0.2) is 16.9 Å². The molecule has 0 spiro atoms. The zero-order valence-electron chi connectivity index (χ0n) is 13.6. The second-order valence-electron chi connectivity index (χ2n) is 5.47. The number of ether oxygens (including phenoxy) is 2. The van der Waals surface area contributed by atoms with E-state index in [-0.39, 0.29) is 17.9 Å². The fourth-order valence-corrected chi connectivity index (χ4v) is 2.57. The quantitative estimate of drug-likeness (QED) is 0.803. The lowest BCUT2D eigenvalue weighted by Gasteiger charge is -2.27. The highest BCUT2D eigenvalue weighted by molar-refractivity contribution is 5.75. The minimum Gasteiger partial charge on any atom is -0.466 e. The highest BCUT2D eigenvalue weighted by atomic mass is 16.5. The van der Waals surface area contributed by atoms with Crippen molar-refractivity contribution < 1.29 is 14.3 Å². The number of aromatic nitrogens is 3. The summed E-state index contributed by atoms with van der Waals surface area (Å²) < 4.78 is 10.2. The van der Waals surface area contributed by atoms with E-state index >= 15 is 0 Å². The molecule has 0 aromatic carbocycles. The van der Waals surface area contributed by atoms with E-state index in [1.807, 2.05) is 4.90 Å². The van der Waals surface area contributed by atoms with Crippen LogP contribution in [0.3, 0.4) is 0 Å². The van der Waals surface area contributed by atoms with Crippen molar-refractivity contribution in [3.63, 3.8) is 0 Å². The Labute approximate surface area is 138 Å². The predicted octanol–water partition coefficient (Wildman–Crippen LogP) is 0.650. The van der Waals surface area contributed by atoms with Gasteiger partial charge in [0.15, 0.2) is 5.65 Å². The number of carbonyl (C=O) groups is 1. The summed E-state index contributed by atoms with van der Waals surface area (Å²) in [4.78, 5) is 37.4. The van der Waals surface area contributed by atoms with Crippen LogP contribution >= 0.6 is 0 Å². The smallest absolute Gasteiger partial charge is 0.306 e. The first-order valence-electron chi connectivity index (χ1n) is 8.05. The minimum atomic E-state index is -0.257. The van der Waals surface area contributed by atoms with Gasteiger partial charge in [-0.3, -0.25) is 14.6 Å². The van der Waals surface area contributed by atoms with Crippen molar-refractivity contribution in [3.8, 4) is 0 Å². The van der Waals surface area contributed by atoms with Crippen molar-refractivity contribution in [2.75, 3.05) is 37.8 Å². The third-order valence-electron chi connectivity index (χ3n) is 3.82. The van der Waals surface area contributed by atoms with E-state index in [4.69, 9.17) is 9.47 Å². The number of esters is 1. The molecule has 24 heavy (non-hydrogen) atoms. The van der Waals surface area contributed by atoms with E-state index in [2.05, 4.69) is 15.0 Å². The number of morpholine rings is 1. The van der Waals surface area contributed by atoms with E-state index in [1.54, 1.807) is 19.1 Å². The lowest BCUT2D eigenvalue weighted by molar-refractivity contribution is -0.143. The van der Waals surface area contributed by atoms with Crippen LogP contribution in [-0.4, -0.2) is 53.8 Å². The maximum absolute atomic E-state index is 12.2. The molecule has 0 bridgehead atoms. The van der Waals surface area contributed by atoms with Gasteiger partial charge in [0.05, 0.1) is 31.6 Å². The van der Waals surface area contributed by atoms with Gasteiger partial charge >= 0.3 is 5.97 Å². The largest absolute Gasteiger partial charge is 0.466 e. The van der Waals surface area contributed by atoms with Gasteiger partial charge in [-0.2, -0.15) is 4.98 Å². The highest BCUT2D eigenvalue weighted by Crippen LogP contribution is 2.13. The third-order valence-corrected chi connectivity index (χ3v) is 3.82. The number of aromatic amines is 1. The Morgan fingerprint density at radius 3 is 2.88 bits per heavy atom. The monoisotopic (exact) mass is 332 g/mol. The maximum Gasteiger partial charge on any atom is 0.306 e. The molecule has 1 aliphatic heterocycles. The number of anilines is 1. The molecule has 0 radical (unpaired) electrons. The molecule has 3 heterocycles. The molecule has 1 N–H and O–H groups in total. The Kier molecular flexibility index (Phi) is 5.05. The average Bonchev–Trinajstić information content (AvgIpc) is 2.60. The van der Waals surface area contributed by atoms with E-state index in [1.165, 1.54) is 0 Å². The van der Waals surface area contributed by atoms with Crippen LogP contribution in [0.2, 0.25) is 0 Å². The van der Waals surface area contributed by atoms with Gasteiger partial charge in [0, 0.05) is 25.2 Å². The molecule has 0 amide bonds. The molecule has 0 aliphatic carbocycles. The molecule has 2 aromatic rings. The van der Waals surface area contributed by atoms with Crippen molar-refractivity contribution in [1.82, 2.24) is 15.0 Å². The summed E-state index contributed by atoms with van der Waals surface area (Å²) in [6.45, 7) is 4.71. The van der Waals surface area contributed by atoms with Crippen molar-refractivity contribution in [2.45, 2.75) is 19.8 Å². The molecular formula is C16H20N4O4. The molecule has 8 nitrogen and oxygen atoms in total. The summed E-state index contributed by atoms with van der Waals surface area (Å²) in [6, 6.07) is 3.44. The van der Waals surface area contributed by atoms with E-state index in [0.717, 1.165) is 0 Å². The summed E-state index contributed by atoms with van der Waals surface area (Å²) >= 11 is 0. The molecule has 2 aromatic heterocycles. The summed E-state index contributed by atoms with van der Waals surface area (Å²) in [5.74, 6) is 0.248. The number of hydrogen-bond acceptors (Lipinski definition) is 7. The van der Waals surface area contributed by atoms with Gasteiger partial charge in [-0.25, -0.2) is 4.98 Å². The lowest BCUT2D eigenvalue weighted by atomic mass is 10.2. The van der Waals surface area contributed by atoms with Gasteiger partial charge in [-0.1, -0.05) is 0 Å². The number of pyridine rings is 1. The van der Waals surface area contributed by atoms with Gasteiger partial charge in [0.1, 0.15) is 0 Å². The minimum absolute atomic E-state index is 0.217. The number of nitrogens with one attached hydrogen (secondary N) is 1. The zero-order chi connectivity index (χ0) is 16.9. The first-order valence-corrected chi connectivity index (χ1v) is 8.05. The molecule has 0 atom stereocenters. The van der Waals surface area contributed by atoms with Gasteiger partial charge in [0.2, 0.25) is 5.95 Å².